The number of hydrogen-bond donors (Lipinski definition) is 2. The third-order valence-electron chi connectivity index (χ3n) is 12.0. The van der Waals surface area contributed by atoms with Crippen LogP contribution in [0.25, 0.3) is 22.0 Å². The molecule has 3 aliphatic rings. The molecule has 0 bridgehead atoms. The lowest BCUT2D eigenvalue weighted by molar-refractivity contribution is -0.144. The van der Waals surface area contributed by atoms with Crippen LogP contribution in [0, 0.1) is 29.4 Å². The summed E-state index contributed by atoms with van der Waals surface area (Å²) in [6.07, 6.45) is -4.55. The highest BCUT2D eigenvalue weighted by atomic mass is 35.5. The highest BCUT2D eigenvalue weighted by molar-refractivity contribution is 7.94. The van der Waals surface area contributed by atoms with E-state index in [0.29, 0.717) is 23.6 Å². The van der Waals surface area contributed by atoms with Crippen molar-refractivity contribution < 1.29 is 52.4 Å². The zero-order valence-electron chi connectivity index (χ0n) is 34.4. The monoisotopic (exact) mass is 953 g/mol. The van der Waals surface area contributed by atoms with Gasteiger partial charge in [-0.1, -0.05) is 23.6 Å². The molecule has 0 radical (unpaired) electrons. The van der Waals surface area contributed by atoms with Crippen molar-refractivity contribution in [3.63, 3.8) is 0 Å². The Morgan fingerprint density at radius 3 is 2.27 bits per heavy atom. The standard InChI is InChI=1S/C42H39ClF7N7O5S2/c1-5-63(59,60)55-39-34-30(43)13-11-27(36(34)56(4)54-39)26-9-6-24(14-15-40(2,3)64(61,62)25-7-8-25)51-35(26)31(18-21-16-22(44)19-23(45)17-21)52-32(58)20-57-38-33(37(53-57)42(48,49)50)28-10-12-29(28)41(38,46)47/h6,9,11,13,16-17,19,25,28-29,31H,5,7-8,10,12,18,20H2,1-4H3,(H,52,58)(H,54,55)/t28-,29+,31-/m0/s1. The van der Waals surface area contributed by atoms with Gasteiger partial charge in [0.05, 0.1) is 38.7 Å². The van der Waals surface area contributed by atoms with Crippen molar-refractivity contribution in [2.45, 2.75) is 93.5 Å². The van der Waals surface area contributed by atoms with Crippen LogP contribution in [0.4, 0.5) is 36.6 Å². The number of fused-ring (bicyclic) bond motifs is 4. The molecule has 340 valence electrons. The van der Waals surface area contributed by atoms with Gasteiger partial charge in [0.2, 0.25) is 15.9 Å². The normalized spacial score (nSPS) is 18.8. The van der Waals surface area contributed by atoms with Crippen LogP contribution in [0.3, 0.4) is 0 Å². The Labute approximate surface area is 367 Å². The summed E-state index contributed by atoms with van der Waals surface area (Å²) in [4.78, 5) is 18.9. The van der Waals surface area contributed by atoms with Crippen molar-refractivity contribution in [1.82, 2.24) is 29.9 Å². The van der Waals surface area contributed by atoms with Crippen molar-refractivity contribution in [2.24, 2.45) is 13.0 Å². The third kappa shape index (κ3) is 8.10. The van der Waals surface area contributed by atoms with E-state index in [9.17, 15) is 43.6 Å². The van der Waals surface area contributed by atoms with Gasteiger partial charge < -0.3 is 5.32 Å². The van der Waals surface area contributed by atoms with Gasteiger partial charge in [-0.2, -0.15) is 32.1 Å². The van der Waals surface area contributed by atoms with Gasteiger partial charge in [0.25, 0.3) is 5.92 Å². The number of aryl methyl sites for hydroxylation is 1. The van der Waals surface area contributed by atoms with Gasteiger partial charge in [-0.3, -0.25) is 18.9 Å². The summed E-state index contributed by atoms with van der Waals surface area (Å²) in [6, 6.07) is 6.98. The lowest BCUT2D eigenvalue weighted by Gasteiger charge is -2.34. The molecule has 3 aliphatic carbocycles. The number of amides is 1. The molecule has 64 heavy (non-hydrogen) atoms. The molecule has 3 atom stereocenters. The lowest BCUT2D eigenvalue weighted by atomic mass is 9.73. The Balaban J connectivity index is 1.29. The first-order valence-electron chi connectivity index (χ1n) is 20.1. The molecule has 2 fully saturated rings. The van der Waals surface area contributed by atoms with E-state index in [-0.39, 0.29) is 68.4 Å². The highest BCUT2D eigenvalue weighted by Crippen LogP contribution is 2.64. The molecule has 0 saturated heterocycles. The third-order valence-corrected chi connectivity index (χ3v) is 16.4. The number of carbonyl (C=O) groups excluding carboxylic acids is 1. The number of alkyl halides is 5. The summed E-state index contributed by atoms with van der Waals surface area (Å²) in [7, 11) is -6.10. The smallest absolute Gasteiger partial charge is 0.346 e. The first-order chi connectivity index (χ1) is 29.8. The number of anilines is 1. The van der Waals surface area contributed by atoms with Crippen LogP contribution in [0.15, 0.2) is 42.5 Å². The molecule has 22 heteroatoms. The molecule has 3 heterocycles. The fourth-order valence-electron chi connectivity index (χ4n) is 8.52. The van der Waals surface area contributed by atoms with Crippen LogP contribution >= 0.6 is 11.6 Å². The molecule has 1 amide bonds. The van der Waals surface area contributed by atoms with Crippen LogP contribution < -0.4 is 10.0 Å². The largest absolute Gasteiger partial charge is 0.435 e. The molecule has 2 saturated carbocycles. The van der Waals surface area contributed by atoms with E-state index in [4.69, 9.17) is 16.6 Å². The van der Waals surface area contributed by atoms with E-state index in [2.05, 4.69) is 32.1 Å². The number of rotatable bonds is 12. The maximum absolute atomic E-state index is 15.8. The van der Waals surface area contributed by atoms with Crippen LogP contribution in [0.5, 0.6) is 0 Å². The number of halogens is 8. The number of sulfone groups is 1. The fourth-order valence-corrected chi connectivity index (χ4v) is 11.1. The minimum Gasteiger partial charge on any atom is -0.346 e. The summed E-state index contributed by atoms with van der Waals surface area (Å²) in [5.41, 5.74) is -2.65. The maximum atomic E-state index is 15.8. The topological polar surface area (TPSA) is 158 Å². The van der Waals surface area contributed by atoms with Crippen molar-refractivity contribution in [2.75, 3.05) is 10.5 Å². The Morgan fingerprint density at radius 2 is 1.66 bits per heavy atom. The van der Waals surface area contributed by atoms with Crippen molar-refractivity contribution in [3.8, 4) is 23.0 Å². The second-order valence-electron chi connectivity index (χ2n) is 16.7. The van der Waals surface area contributed by atoms with Crippen molar-refractivity contribution in [1.29, 1.82) is 0 Å². The molecule has 0 spiro atoms. The van der Waals surface area contributed by atoms with E-state index in [0.717, 1.165) is 12.1 Å². The second-order valence-corrected chi connectivity index (χ2v) is 21.9. The molecule has 8 rings (SSSR count). The van der Waals surface area contributed by atoms with E-state index in [1.807, 2.05) is 0 Å². The number of benzene rings is 2. The SMILES string of the molecule is CCS(=O)(=O)Nc1nn(C)c2c(-c3ccc(C#CC(C)(C)S(=O)(=O)C4CC4)nc3[C@H](Cc3cc(F)cc(F)c3)NC(=O)Cn3nc(C(F)(F)F)c4c3C(F)(F)[C@@H]3CC[C@H]43)ccc(Cl)c12. The first kappa shape index (κ1) is 45.4. The summed E-state index contributed by atoms with van der Waals surface area (Å²) < 4.78 is 158. The number of carbonyl (C=O) groups is 1. The zero-order chi connectivity index (χ0) is 46.5. The average Bonchev–Trinajstić information content (AvgIpc) is 3.87. The predicted octanol–water partition coefficient (Wildman–Crippen LogP) is 7.95. The quantitative estimate of drug-likeness (QED) is 0.0943. The van der Waals surface area contributed by atoms with Crippen molar-refractivity contribution in [3.05, 3.63) is 93.0 Å². The average molecular weight is 954 g/mol. The summed E-state index contributed by atoms with van der Waals surface area (Å²) in [5, 5.41) is 10.1. The van der Waals surface area contributed by atoms with E-state index in [1.54, 1.807) is 0 Å². The van der Waals surface area contributed by atoms with Crippen LogP contribution in [-0.4, -0.2) is 63.0 Å². The van der Waals surface area contributed by atoms with E-state index < -0.39 is 107 Å². The van der Waals surface area contributed by atoms with E-state index in [1.165, 1.54) is 56.8 Å². The number of nitrogens with zero attached hydrogens (tertiary/aromatic N) is 5. The van der Waals surface area contributed by atoms with Crippen LogP contribution in [0.2, 0.25) is 5.02 Å². The fraction of sp³-hybridized carbons (Fsp3) is 0.429. The lowest BCUT2D eigenvalue weighted by Crippen LogP contribution is -2.36. The number of pyridine rings is 1. The number of nitrogens with one attached hydrogen (secondary N) is 2. The Hall–Kier alpha value is -5.20. The molecule has 3 aromatic heterocycles. The van der Waals surface area contributed by atoms with Gasteiger partial charge in [-0.15, -0.1) is 0 Å². The molecule has 0 aliphatic heterocycles. The van der Waals surface area contributed by atoms with Gasteiger partial charge in [-0.25, -0.2) is 30.6 Å². The van der Waals surface area contributed by atoms with Gasteiger partial charge >= 0.3 is 6.18 Å². The number of aromatic nitrogens is 5. The number of sulfonamides is 1. The van der Waals surface area contributed by atoms with Gasteiger partial charge in [0, 0.05) is 35.7 Å². The highest BCUT2D eigenvalue weighted by Gasteiger charge is 2.63. The van der Waals surface area contributed by atoms with Crippen molar-refractivity contribution >= 4 is 54.1 Å². The molecule has 2 aromatic carbocycles. The molecule has 12 nitrogen and oxygen atoms in total. The molecule has 5 aromatic rings. The van der Waals surface area contributed by atoms with Crippen LogP contribution in [-0.2, 0) is 56.8 Å². The Kier molecular flexibility index (Phi) is 11.2. The molecule has 0 unspecified atom stereocenters. The molecule has 2 N–H and O–H groups in total. The van der Waals surface area contributed by atoms with Gasteiger partial charge in [-0.05, 0) is 101 Å². The summed E-state index contributed by atoms with van der Waals surface area (Å²) in [6.45, 7) is 3.16. The predicted molar refractivity (Wildman–Crippen MR) is 222 cm³/mol. The van der Waals surface area contributed by atoms with E-state index >= 15 is 8.78 Å². The number of hydrogen-bond acceptors (Lipinski definition) is 8. The Morgan fingerprint density at radius 1 is 0.984 bits per heavy atom. The van der Waals surface area contributed by atoms with Gasteiger partial charge in [0.15, 0.2) is 21.3 Å². The van der Waals surface area contributed by atoms with Crippen LogP contribution in [0.1, 0.15) is 92.3 Å². The maximum Gasteiger partial charge on any atom is 0.435 e. The minimum atomic E-state index is -5.12. The second kappa shape index (κ2) is 15.8. The zero-order valence-corrected chi connectivity index (χ0v) is 36.8. The minimum absolute atomic E-state index is 0.0277. The van der Waals surface area contributed by atoms with Gasteiger partial charge in [0.1, 0.15) is 34.3 Å². The summed E-state index contributed by atoms with van der Waals surface area (Å²) in [5.74, 6) is -4.21. The first-order valence-corrected chi connectivity index (χ1v) is 23.6. The Bertz CT molecular complexity index is 3030. The molecular weight excluding hydrogens is 915 g/mol. The molecular formula is C42H39ClF7N7O5S2. The summed E-state index contributed by atoms with van der Waals surface area (Å²) >= 11 is 6.65.